The van der Waals surface area contributed by atoms with E-state index in [0.717, 1.165) is 16.0 Å². The predicted molar refractivity (Wildman–Crippen MR) is 118 cm³/mol. The molecule has 4 rings (SSSR count). The molecule has 2 amide bonds. The van der Waals surface area contributed by atoms with E-state index in [1.807, 2.05) is 30.3 Å². The highest BCUT2D eigenvalue weighted by Gasteiger charge is 2.35. The van der Waals surface area contributed by atoms with Crippen LogP contribution in [0.15, 0.2) is 78.9 Å². The third-order valence-electron chi connectivity index (χ3n) is 5.05. The summed E-state index contributed by atoms with van der Waals surface area (Å²) in [5, 5.41) is 9.42. The minimum atomic E-state index is -0.549. The first-order valence-corrected chi connectivity index (χ1v) is 10.00. The van der Waals surface area contributed by atoms with Gasteiger partial charge in [0.25, 0.3) is 11.8 Å². The molecule has 156 valence electrons. The SMILES string of the molecule is N#C/C(=C/c1ccc(OC(=O)CCN2C(=O)c3ccccc3C2=O)cc1)c1ccccc1. The molecule has 0 unspecified atom stereocenters. The monoisotopic (exact) mass is 422 g/mol. The fourth-order valence-corrected chi connectivity index (χ4v) is 3.42. The quantitative estimate of drug-likeness (QED) is 0.194. The number of allylic oxidation sites excluding steroid dienone is 1. The van der Waals surface area contributed by atoms with Crippen molar-refractivity contribution < 1.29 is 19.1 Å². The average molecular weight is 422 g/mol. The Labute approximate surface area is 185 Å². The van der Waals surface area contributed by atoms with Gasteiger partial charge in [-0.1, -0.05) is 54.6 Å². The van der Waals surface area contributed by atoms with Crippen molar-refractivity contribution in [3.63, 3.8) is 0 Å². The van der Waals surface area contributed by atoms with Crippen molar-refractivity contribution in [1.29, 1.82) is 5.26 Å². The lowest BCUT2D eigenvalue weighted by Crippen LogP contribution is -2.32. The Morgan fingerprint density at radius 3 is 2.06 bits per heavy atom. The first-order chi connectivity index (χ1) is 15.6. The molecule has 1 aliphatic heterocycles. The molecular formula is C26H18N2O4. The Bertz CT molecular complexity index is 1220. The topological polar surface area (TPSA) is 87.5 Å². The highest BCUT2D eigenvalue weighted by atomic mass is 16.5. The largest absolute Gasteiger partial charge is 0.426 e. The molecular weight excluding hydrogens is 404 g/mol. The number of carbonyl (C=O) groups is 3. The molecule has 0 N–H and O–H groups in total. The number of nitriles is 1. The van der Waals surface area contributed by atoms with E-state index in [0.29, 0.717) is 22.4 Å². The Balaban J connectivity index is 1.36. The van der Waals surface area contributed by atoms with Crippen LogP contribution in [0, 0.1) is 11.3 Å². The zero-order valence-corrected chi connectivity index (χ0v) is 17.0. The van der Waals surface area contributed by atoms with Gasteiger partial charge < -0.3 is 4.74 Å². The summed E-state index contributed by atoms with van der Waals surface area (Å²) < 4.78 is 5.32. The van der Waals surface area contributed by atoms with Crippen molar-refractivity contribution in [2.75, 3.05) is 6.54 Å². The van der Waals surface area contributed by atoms with Crippen molar-refractivity contribution >= 4 is 29.4 Å². The first-order valence-electron chi connectivity index (χ1n) is 10.00. The summed E-state index contributed by atoms with van der Waals surface area (Å²) in [7, 11) is 0. The molecule has 3 aromatic carbocycles. The van der Waals surface area contributed by atoms with Gasteiger partial charge in [-0.3, -0.25) is 19.3 Å². The van der Waals surface area contributed by atoms with E-state index in [-0.39, 0.29) is 13.0 Å². The molecule has 0 aliphatic carbocycles. The molecule has 1 aliphatic rings. The summed E-state index contributed by atoms with van der Waals surface area (Å²) in [6, 6.07) is 24.9. The Morgan fingerprint density at radius 2 is 1.47 bits per heavy atom. The van der Waals surface area contributed by atoms with Gasteiger partial charge in [-0.25, -0.2) is 0 Å². The van der Waals surface area contributed by atoms with Crippen LogP contribution in [0.25, 0.3) is 11.6 Å². The molecule has 32 heavy (non-hydrogen) atoms. The number of amides is 2. The number of fused-ring (bicyclic) bond motifs is 1. The van der Waals surface area contributed by atoms with Crippen LogP contribution in [0.4, 0.5) is 0 Å². The predicted octanol–water partition coefficient (Wildman–Crippen LogP) is 4.34. The molecule has 0 aromatic heterocycles. The van der Waals surface area contributed by atoms with Gasteiger partial charge in [-0.15, -0.1) is 0 Å². The zero-order valence-electron chi connectivity index (χ0n) is 17.0. The summed E-state index contributed by atoms with van der Waals surface area (Å²) in [6.45, 7) is -0.0470. The molecule has 0 saturated heterocycles. The number of hydrogen-bond acceptors (Lipinski definition) is 5. The third-order valence-corrected chi connectivity index (χ3v) is 5.05. The van der Waals surface area contributed by atoms with E-state index in [1.165, 1.54) is 0 Å². The number of esters is 1. The highest BCUT2D eigenvalue weighted by molar-refractivity contribution is 6.21. The lowest BCUT2D eigenvalue weighted by Gasteiger charge is -2.13. The lowest BCUT2D eigenvalue weighted by molar-refractivity contribution is -0.134. The van der Waals surface area contributed by atoms with Crippen molar-refractivity contribution in [1.82, 2.24) is 4.90 Å². The Hall–Kier alpha value is -4.50. The molecule has 1 heterocycles. The number of nitrogens with zero attached hydrogens (tertiary/aromatic N) is 2. The minimum absolute atomic E-state index is 0.0470. The van der Waals surface area contributed by atoms with Gasteiger partial charge in [0.05, 0.1) is 29.2 Å². The summed E-state index contributed by atoms with van der Waals surface area (Å²) in [5.74, 6) is -1.01. The van der Waals surface area contributed by atoms with Gasteiger partial charge >= 0.3 is 5.97 Å². The third kappa shape index (κ3) is 4.32. The number of imide groups is 1. The molecule has 3 aromatic rings. The van der Waals surface area contributed by atoms with E-state index in [9.17, 15) is 19.6 Å². The van der Waals surface area contributed by atoms with Crippen LogP contribution in [0.2, 0.25) is 0 Å². The number of benzene rings is 3. The van der Waals surface area contributed by atoms with Gasteiger partial charge in [0.2, 0.25) is 0 Å². The number of rotatable bonds is 6. The maximum atomic E-state index is 12.4. The minimum Gasteiger partial charge on any atom is -0.426 e. The Kier molecular flexibility index (Phi) is 5.91. The number of ether oxygens (including phenoxy) is 1. The van der Waals surface area contributed by atoms with E-state index >= 15 is 0 Å². The van der Waals surface area contributed by atoms with Crippen LogP contribution in [0.1, 0.15) is 38.3 Å². The van der Waals surface area contributed by atoms with Crippen molar-refractivity contribution in [2.45, 2.75) is 6.42 Å². The smallest absolute Gasteiger partial charge is 0.312 e. The fraction of sp³-hybridized carbons (Fsp3) is 0.0769. The molecule has 6 nitrogen and oxygen atoms in total. The second-order valence-electron chi connectivity index (χ2n) is 7.14. The van der Waals surface area contributed by atoms with Crippen molar-refractivity contribution in [2.24, 2.45) is 0 Å². The summed E-state index contributed by atoms with van der Waals surface area (Å²) in [5.41, 5.74) is 2.83. The Morgan fingerprint density at radius 1 is 0.875 bits per heavy atom. The molecule has 0 saturated carbocycles. The first kappa shape index (κ1) is 20.8. The van der Waals surface area contributed by atoms with Crippen molar-refractivity contribution in [3.05, 3.63) is 101 Å². The van der Waals surface area contributed by atoms with Gasteiger partial charge in [0.15, 0.2) is 0 Å². The van der Waals surface area contributed by atoms with Crippen LogP contribution < -0.4 is 4.74 Å². The maximum Gasteiger partial charge on any atom is 0.312 e. The normalized spacial score (nSPS) is 13.0. The summed E-state index contributed by atoms with van der Waals surface area (Å²) >= 11 is 0. The van der Waals surface area contributed by atoms with Gasteiger partial charge in [-0.05, 0) is 41.5 Å². The van der Waals surface area contributed by atoms with E-state index in [4.69, 9.17) is 4.74 Å². The maximum absolute atomic E-state index is 12.4. The van der Waals surface area contributed by atoms with E-state index in [2.05, 4.69) is 6.07 Å². The molecule has 0 fully saturated rings. The summed E-state index contributed by atoms with van der Waals surface area (Å²) in [6.07, 6.45) is 1.64. The van der Waals surface area contributed by atoms with Crippen LogP contribution >= 0.6 is 0 Å². The summed E-state index contributed by atoms with van der Waals surface area (Å²) in [4.78, 5) is 38.0. The second-order valence-corrected chi connectivity index (χ2v) is 7.14. The molecule has 0 radical (unpaired) electrons. The average Bonchev–Trinajstić information content (AvgIpc) is 3.07. The van der Waals surface area contributed by atoms with Gasteiger partial charge in [0.1, 0.15) is 5.75 Å². The number of carbonyl (C=O) groups excluding carboxylic acids is 3. The van der Waals surface area contributed by atoms with E-state index < -0.39 is 17.8 Å². The second kappa shape index (κ2) is 9.11. The lowest BCUT2D eigenvalue weighted by atomic mass is 10.0. The zero-order chi connectivity index (χ0) is 22.5. The van der Waals surface area contributed by atoms with Gasteiger partial charge in [-0.2, -0.15) is 5.26 Å². The van der Waals surface area contributed by atoms with E-state index in [1.54, 1.807) is 54.6 Å². The number of hydrogen-bond donors (Lipinski definition) is 0. The van der Waals surface area contributed by atoms with Crippen LogP contribution in [0.5, 0.6) is 5.75 Å². The fourth-order valence-electron chi connectivity index (χ4n) is 3.42. The van der Waals surface area contributed by atoms with Crippen LogP contribution in [-0.2, 0) is 4.79 Å². The molecule has 0 spiro atoms. The molecule has 0 atom stereocenters. The molecule has 0 bridgehead atoms. The highest BCUT2D eigenvalue weighted by Crippen LogP contribution is 2.23. The van der Waals surface area contributed by atoms with Gasteiger partial charge in [0, 0.05) is 6.54 Å². The van der Waals surface area contributed by atoms with Crippen LogP contribution in [-0.4, -0.2) is 29.2 Å². The standard InChI is InChI=1S/C26H18N2O4/c27-17-20(19-6-2-1-3-7-19)16-18-10-12-21(13-11-18)32-24(29)14-15-28-25(30)22-8-4-5-9-23(22)26(28)31/h1-13,16H,14-15H2/b20-16-. The van der Waals surface area contributed by atoms with Crippen LogP contribution in [0.3, 0.4) is 0 Å². The molecule has 6 heteroatoms. The van der Waals surface area contributed by atoms with Crippen molar-refractivity contribution in [3.8, 4) is 11.8 Å².